The fourth-order valence-corrected chi connectivity index (χ4v) is 2.16. The number of nitrogens with one attached hydrogen (secondary N) is 1. The predicted molar refractivity (Wildman–Crippen MR) is 91.0 cm³/mol. The predicted octanol–water partition coefficient (Wildman–Crippen LogP) is 3.22. The maximum absolute atomic E-state index is 12.0. The van der Waals surface area contributed by atoms with Crippen LogP contribution in [0.5, 0.6) is 5.75 Å². The van der Waals surface area contributed by atoms with Crippen molar-refractivity contribution in [2.75, 3.05) is 0 Å². The number of benzene rings is 2. The van der Waals surface area contributed by atoms with E-state index < -0.39 is 18.0 Å². The lowest BCUT2D eigenvalue weighted by Crippen LogP contribution is -2.35. The van der Waals surface area contributed by atoms with Gasteiger partial charge in [0.15, 0.2) is 6.10 Å². The van der Waals surface area contributed by atoms with E-state index in [0.29, 0.717) is 11.6 Å². The van der Waals surface area contributed by atoms with Gasteiger partial charge in [-0.15, -0.1) is 0 Å². The fraction of sp³-hybridized carbons (Fsp3) is 0.222. The molecule has 2 N–H and O–H groups in total. The number of aromatic hydroxyl groups is 1. The molecule has 1 amide bonds. The summed E-state index contributed by atoms with van der Waals surface area (Å²) >= 11 is 5.71. The van der Waals surface area contributed by atoms with Gasteiger partial charge < -0.3 is 15.2 Å². The molecule has 2 aromatic rings. The van der Waals surface area contributed by atoms with Crippen molar-refractivity contribution >= 4 is 23.5 Å². The van der Waals surface area contributed by atoms with Crippen molar-refractivity contribution in [1.29, 1.82) is 0 Å². The molecule has 0 unspecified atom stereocenters. The number of phenolic OH excluding ortho intramolecular Hbond substituents is 1. The Kier molecular flexibility index (Phi) is 5.82. The van der Waals surface area contributed by atoms with Gasteiger partial charge in [0.2, 0.25) is 0 Å². The zero-order valence-corrected chi connectivity index (χ0v) is 14.1. The van der Waals surface area contributed by atoms with E-state index in [1.54, 1.807) is 0 Å². The molecule has 2 aromatic carbocycles. The summed E-state index contributed by atoms with van der Waals surface area (Å²) in [5, 5.41) is 12.7. The minimum absolute atomic E-state index is 0.0439. The number of amides is 1. The highest BCUT2D eigenvalue weighted by molar-refractivity contribution is 6.30. The first-order valence-electron chi connectivity index (χ1n) is 7.39. The molecule has 0 fully saturated rings. The number of esters is 1. The molecule has 0 aliphatic heterocycles. The van der Waals surface area contributed by atoms with Gasteiger partial charge in [-0.3, -0.25) is 4.79 Å². The topological polar surface area (TPSA) is 75.6 Å². The number of halogens is 1. The minimum atomic E-state index is -0.988. The van der Waals surface area contributed by atoms with Crippen molar-refractivity contribution in [3.63, 3.8) is 0 Å². The molecule has 5 nitrogen and oxygen atoms in total. The van der Waals surface area contributed by atoms with E-state index in [-0.39, 0.29) is 11.3 Å². The third-order valence-electron chi connectivity index (χ3n) is 3.42. The Morgan fingerprint density at radius 2 is 1.88 bits per heavy atom. The highest BCUT2D eigenvalue weighted by atomic mass is 35.5. The zero-order chi connectivity index (χ0) is 17.7. The van der Waals surface area contributed by atoms with Gasteiger partial charge in [0.05, 0.1) is 0 Å². The SMILES string of the molecule is Cc1ccc(CNC(=O)[C@H](C)OC(=O)c2ccc(Cl)cc2O)cc1. The van der Waals surface area contributed by atoms with Crippen LogP contribution in [0.2, 0.25) is 5.02 Å². The van der Waals surface area contributed by atoms with Gasteiger partial charge in [-0.05, 0) is 37.6 Å². The molecule has 1 atom stereocenters. The van der Waals surface area contributed by atoms with Gasteiger partial charge >= 0.3 is 5.97 Å². The van der Waals surface area contributed by atoms with E-state index in [1.807, 2.05) is 31.2 Å². The smallest absolute Gasteiger partial charge is 0.342 e. The van der Waals surface area contributed by atoms with Crippen LogP contribution in [0.25, 0.3) is 0 Å². The Hall–Kier alpha value is -2.53. The molecule has 0 heterocycles. The first kappa shape index (κ1) is 17.8. The fourth-order valence-electron chi connectivity index (χ4n) is 1.99. The van der Waals surface area contributed by atoms with Crippen LogP contribution in [0.4, 0.5) is 0 Å². The minimum Gasteiger partial charge on any atom is -0.507 e. The first-order chi connectivity index (χ1) is 11.4. The number of ether oxygens (including phenoxy) is 1. The van der Waals surface area contributed by atoms with Crippen LogP contribution in [-0.4, -0.2) is 23.1 Å². The van der Waals surface area contributed by atoms with E-state index in [1.165, 1.54) is 25.1 Å². The second-order valence-corrected chi connectivity index (χ2v) is 5.85. The molecule has 0 spiro atoms. The number of carbonyl (C=O) groups excluding carboxylic acids is 2. The van der Waals surface area contributed by atoms with Crippen molar-refractivity contribution in [1.82, 2.24) is 5.32 Å². The van der Waals surface area contributed by atoms with Gasteiger partial charge in [-0.2, -0.15) is 0 Å². The number of aryl methyl sites for hydroxylation is 1. The maximum atomic E-state index is 12.0. The molecule has 126 valence electrons. The monoisotopic (exact) mass is 347 g/mol. The van der Waals surface area contributed by atoms with Crippen LogP contribution in [0.1, 0.15) is 28.4 Å². The van der Waals surface area contributed by atoms with Crippen molar-refractivity contribution < 1.29 is 19.4 Å². The molecule has 0 saturated heterocycles. The van der Waals surface area contributed by atoms with Crippen molar-refractivity contribution in [3.8, 4) is 5.75 Å². The Morgan fingerprint density at radius 3 is 2.50 bits per heavy atom. The quantitative estimate of drug-likeness (QED) is 0.814. The van der Waals surface area contributed by atoms with Gasteiger partial charge in [0.1, 0.15) is 11.3 Å². The summed E-state index contributed by atoms with van der Waals surface area (Å²) in [5.74, 6) is -1.50. The lowest BCUT2D eigenvalue weighted by atomic mass is 10.1. The molecule has 0 aliphatic rings. The summed E-state index contributed by atoms with van der Waals surface area (Å²) in [7, 11) is 0. The summed E-state index contributed by atoms with van der Waals surface area (Å²) in [5.41, 5.74) is 2.04. The third-order valence-corrected chi connectivity index (χ3v) is 3.66. The van der Waals surface area contributed by atoms with Crippen molar-refractivity contribution in [2.45, 2.75) is 26.5 Å². The number of rotatable bonds is 5. The molecule has 0 bridgehead atoms. The highest BCUT2D eigenvalue weighted by Crippen LogP contribution is 2.22. The summed E-state index contributed by atoms with van der Waals surface area (Å²) in [6.45, 7) is 3.79. The molecule has 0 aromatic heterocycles. The Balaban J connectivity index is 1.90. The molecule has 2 rings (SSSR count). The molecule has 0 saturated carbocycles. The van der Waals surface area contributed by atoms with E-state index in [9.17, 15) is 14.7 Å². The van der Waals surface area contributed by atoms with Gasteiger partial charge in [0, 0.05) is 11.6 Å². The van der Waals surface area contributed by atoms with Crippen LogP contribution >= 0.6 is 11.6 Å². The number of hydrogen-bond donors (Lipinski definition) is 2. The average Bonchev–Trinajstić information content (AvgIpc) is 2.53. The summed E-state index contributed by atoms with van der Waals surface area (Å²) in [4.78, 5) is 24.0. The Labute approximate surface area is 145 Å². The van der Waals surface area contributed by atoms with Crippen LogP contribution in [-0.2, 0) is 16.1 Å². The van der Waals surface area contributed by atoms with E-state index >= 15 is 0 Å². The normalized spacial score (nSPS) is 11.6. The second-order valence-electron chi connectivity index (χ2n) is 5.41. The largest absolute Gasteiger partial charge is 0.507 e. The standard InChI is InChI=1S/C18H18ClNO4/c1-11-3-5-13(6-4-11)10-20-17(22)12(2)24-18(23)15-8-7-14(19)9-16(15)21/h3-9,12,21H,10H2,1-2H3,(H,20,22)/t12-/m0/s1. The number of phenols is 1. The van der Waals surface area contributed by atoms with Gasteiger partial charge in [-0.1, -0.05) is 41.4 Å². The van der Waals surface area contributed by atoms with E-state index in [4.69, 9.17) is 16.3 Å². The molecule has 24 heavy (non-hydrogen) atoms. The van der Waals surface area contributed by atoms with Gasteiger partial charge in [0.25, 0.3) is 5.91 Å². The van der Waals surface area contributed by atoms with Crippen LogP contribution in [0.3, 0.4) is 0 Å². The Bertz CT molecular complexity index is 743. The molecule has 0 radical (unpaired) electrons. The highest BCUT2D eigenvalue weighted by Gasteiger charge is 2.20. The van der Waals surface area contributed by atoms with Crippen molar-refractivity contribution in [3.05, 3.63) is 64.2 Å². The van der Waals surface area contributed by atoms with Crippen LogP contribution < -0.4 is 5.32 Å². The van der Waals surface area contributed by atoms with Crippen molar-refractivity contribution in [2.24, 2.45) is 0 Å². The Morgan fingerprint density at radius 1 is 1.21 bits per heavy atom. The lowest BCUT2D eigenvalue weighted by molar-refractivity contribution is -0.129. The first-order valence-corrected chi connectivity index (χ1v) is 7.77. The van der Waals surface area contributed by atoms with Crippen LogP contribution in [0, 0.1) is 6.92 Å². The maximum Gasteiger partial charge on any atom is 0.342 e. The molecule has 0 aliphatic carbocycles. The van der Waals surface area contributed by atoms with Crippen LogP contribution in [0.15, 0.2) is 42.5 Å². The van der Waals surface area contributed by atoms with E-state index in [0.717, 1.165) is 11.1 Å². The molecular formula is C18H18ClNO4. The number of carbonyl (C=O) groups is 2. The zero-order valence-electron chi connectivity index (χ0n) is 13.4. The molecular weight excluding hydrogens is 330 g/mol. The number of hydrogen-bond acceptors (Lipinski definition) is 4. The lowest BCUT2D eigenvalue weighted by Gasteiger charge is -2.14. The second kappa shape index (κ2) is 7.84. The summed E-state index contributed by atoms with van der Waals surface area (Å²) in [6, 6.07) is 11.8. The molecule has 6 heteroatoms. The summed E-state index contributed by atoms with van der Waals surface area (Å²) < 4.78 is 5.07. The summed E-state index contributed by atoms with van der Waals surface area (Å²) in [6.07, 6.45) is -0.988. The van der Waals surface area contributed by atoms with Gasteiger partial charge in [-0.25, -0.2) is 4.79 Å². The average molecular weight is 348 g/mol. The third kappa shape index (κ3) is 4.73. The van der Waals surface area contributed by atoms with E-state index in [2.05, 4.69) is 5.32 Å².